The summed E-state index contributed by atoms with van der Waals surface area (Å²) in [4.78, 5) is 27.6. The first kappa shape index (κ1) is 14.9. The molecular weight excluding hydrogens is 278 g/mol. The van der Waals surface area contributed by atoms with Gasteiger partial charge in [0.25, 0.3) is 11.5 Å². The van der Waals surface area contributed by atoms with Crippen LogP contribution < -0.4 is 5.56 Å². The van der Waals surface area contributed by atoms with Gasteiger partial charge in [-0.2, -0.15) is 0 Å². The second-order valence-electron chi connectivity index (χ2n) is 4.68. The lowest BCUT2D eigenvalue weighted by molar-refractivity contribution is 0.0740. The lowest BCUT2D eigenvalue weighted by Gasteiger charge is -2.25. The van der Waals surface area contributed by atoms with Crippen molar-refractivity contribution in [3.63, 3.8) is 0 Å². The van der Waals surface area contributed by atoms with E-state index >= 15 is 0 Å². The zero-order valence-corrected chi connectivity index (χ0v) is 11.6. The third kappa shape index (κ3) is 2.99. The molecule has 2 rings (SSSR count). The molecule has 1 amide bonds. The number of H-pyrrole nitrogens is 1. The number of carbonyl (C=O) groups is 1. The Morgan fingerprint density at radius 3 is 2.57 bits per heavy atom. The molecule has 1 heterocycles. The van der Waals surface area contributed by atoms with Crippen LogP contribution in [0.3, 0.4) is 0 Å². The summed E-state index contributed by atoms with van der Waals surface area (Å²) in [5.74, 6) is -2.41. The number of hydrogen-bond donors (Lipinski definition) is 1. The lowest BCUT2D eigenvalue weighted by atomic mass is 10.1. The van der Waals surface area contributed by atoms with Gasteiger partial charge in [-0.05, 0) is 36.8 Å². The van der Waals surface area contributed by atoms with Gasteiger partial charge in [0.1, 0.15) is 5.56 Å². The molecule has 0 aliphatic carbocycles. The molecule has 1 atom stereocenters. The first-order chi connectivity index (χ1) is 9.91. The molecule has 0 saturated carbocycles. The van der Waals surface area contributed by atoms with Crippen molar-refractivity contribution in [1.29, 1.82) is 0 Å². The maximum Gasteiger partial charge on any atom is 0.260 e. The predicted octanol–water partition coefficient (Wildman–Crippen LogP) is 2.49. The Morgan fingerprint density at radius 1 is 1.24 bits per heavy atom. The maximum absolute atomic E-state index is 13.3. The highest BCUT2D eigenvalue weighted by atomic mass is 19.2. The summed E-state index contributed by atoms with van der Waals surface area (Å²) < 4.78 is 26.2. The zero-order valence-electron chi connectivity index (χ0n) is 11.6. The fourth-order valence-corrected chi connectivity index (χ4v) is 1.95. The van der Waals surface area contributed by atoms with Gasteiger partial charge in [0.05, 0.1) is 6.04 Å². The van der Waals surface area contributed by atoms with Gasteiger partial charge < -0.3 is 9.88 Å². The minimum atomic E-state index is -0.974. The number of halogens is 2. The van der Waals surface area contributed by atoms with E-state index in [9.17, 15) is 18.4 Å². The van der Waals surface area contributed by atoms with Crippen LogP contribution in [-0.2, 0) is 0 Å². The quantitative estimate of drug-likeness (QED) is 0.945. The van der Waals surface area contributed by atoms with Crippen LogP contribution in [0.15, 0.2) is 41.3 Å². The molecule has 0 spiro atoms. The van der Waals surface area contributed by atoms with E-state index in [1.54, 1.807) is 13.0 Å². The third-order valence-electron chi connectivity index (χ3n) is 3.38. The number of carbonyl (C=O) groups excluding carboxylic acids is 1. The SMILES string of the molecule is C[C@@H](c1ccc(F)c(F)c1)N(C)C(=O)c1ccc[nH]c1=O. The van der Waals surface area contributed by atoms with Gasteiger partial charge in [-0.25, -0.2) is 8.78 Å². The standard InChI is InChI=1S/C15H14F2N2O2/c1-9(10-5-6-12(16)13(17)8-10)19(2)15(21)11-4-3-7-18-14(11)20/h3-9H,1-2H3,(H,18,20)/t9-/m0/s1. The Hall–Kier alpha value is -2.50. The summed E-state index contributed by atoms with van der Waals surface area (Å²) in [5.41, 5.74) is -0.0571. The van der Waals surface area contributed by atoms with Crippen LogP contribution >= 0.6 is 0 Å². The van der Waals surface area contributed by atoms with Crippen molar-refractivity contribution in [2.75, 3.05) is 7.05 Å². The lowest BCUT2D eigenvalue weighted by Crippen LogP contribution is -2.33. The number of benzene rings is 1. The molecule has 1 aromatic carbocycles. The molecule has 1 aromatic heterocycles. The van der Waals surface area contributed by atoms with Crippen molar-refractivity contribution < 1.29 is 13.6 Å². The Kier molecular flexibility index (Phi) is 4.16. The van der Waals surface area contributed by atoms with Crippen molar-refractivity contribution in [1.82, 2.24) is 9.88 Å². The summed E-state index contributed by atoms with van der Waals surface area (Å²) >= 11 is 0. The monoisotopic (exact) mass is 292 g/mol. The minimum Gasteiger partial charge on any atom is -0.335 e. The van der Waals surface area contributed by atoms with E-state index in [1.807, 2.05) is 0 Å². The van der Waals surface area contributed by atoms with Crippen LogP contribution in [-0.4, -0.2) is 22.8 Å². The molecule has 0 radical (unpaired) electrons. The van der Waals surface area contributed by atoms with Crippen molar-refractivity contribution in [2.45, 2.75) is 13.0 Å². The molecule has 6 heteroatoms. The van der Waals surface area contributed by atoms with Gasteiger partial charge >= 0.3 is 0 Å². The number of aromatic nitrogens is 1. The van der Waals surface area contributed by atoms with Gasteiger partial charge in [0.2, 0.25) is 0 Å². The Balaban J connectivity index is 2.28. The summed E-state index contributed by atoms with van der Waals surface area (Å²) in [6.07, 6.45) is 1.43. The van der Waals surface area contributed by atoms with Crippen LogP contribution in [0.5, 0.6) is 0 Å². The number of hydrogen-bond acceptors (Lipinski definition) is 2. The normalized spacial score (nSPS) is 12.0. The average molecular weight is 292 g/mol. The van der Waals surface area contributed by atoms with E-state index in [-0.39, 0.29) is 5.56 Å². The van der Waals surface area contributed by atoms with Gasteiger partial charge in [-0.3, -0.25) is 9.59 Å². The number of pyridine rings is 1. The molecule has 0 aliphatic rings. The highest BCUT2D eigenvalue weighted by Gasteiger charge is 2.21. The molecule has 0 aliphatic heterocycles. The molecule has 0 unspecified atom stereocenters. The van der Waals surface area contributed by atoms with E-state index in [4.69, 9.17) is 0 Å². The summed E-state index contributed by atoms with van der Waals surface area (Å²) in [5, 5.41) is 0. The second kappa shape index (κ2) is 5.87. The molecule has 21 heavy (non-hydrogen) atoms. The van der Waals surface area contributed by atoms with E-state index in [1.165, 1.54) is 30.3 Å². The van der Waals surface area contributed by atoms with Crippen LogP contribution in [0.1, 0.15) is 28.9 Å². The molecule has 4 nitrogen and oxygen atoms in total. The average Bonchev–Trinajstić information content (AvgIpc) is 2.48. The van der Waals surface area contributed by atoms with E-state index in [0.717, 1.165) is 12.1 Å². The predicted molar refractivity (Wildman–Crippen MR) is 73.9 cm³/mol. The molecule has 2 aromatic rings. The fourth-order valence-electron chi connectivity index (χ4n) is 1.95. The van der Waals surface area contributed by atoms with Crippen molar-refractivity contribution in [3.05, 3.63) is 69.6 Å². The van der Waals surface area contributed by atoms with Crippen LogP contribution in [0, 0.1) is 11.6 Å². The largest absolute Gasteiger partial charge is 0.335 e. The number of nitrogens with zero attached hydrogens (tertiary/aromatic N) is 1. The Bertz CT molecular complexity index is 728. The zero-order chi connectivity index (χ0) is 15.6. The van der Waals surface area contributed by atoms with Gasteiger partial charge in [-0.1, -0.05) is 6.07 Å². The fraction of sp³-hybridized carbons (Fsp3) is 0.200. The van der Waals surface area contributed by atoms with Gasteiger partial charge in [0, 0.05) is 13.2 Å². The highest BCUT2D eigenvalue weighted by molar-refractivity contribution is 5.93. The second-order valence-corrected chi connectivity index (χ2v) is 4.68. The van der Waals surface area contributed by atoms with Crippen molar-refractivity contribution in [3.8, 4) is 0 Å². The van der Waals surface area contributed by atoms with Crippen molar-refractivity contribution in [2.24, 2.45) is 0 Å². The molecule has 0 bridgehead atoms. The molecular formula is C15H14F2N2O2. The van der Waals surface area contributed by atoms with E-state index < -0.39 is 29.1 Å². The molecule has 0 saturated heterocycles. The number of rotatable bonds is 3. The van der Waals surface area contributed by atoms with E-state index in [2.05, 4.69) is 4.98 Å². The smallest absolute Gasteiger partial charge is 0.260 e. The first-order valence-electron chi connectivity index (χ1n) is 6.31. The Morgan fingerprint density at radius 2 is 1.95 bits per heavy atom. The highest BCUT2D eigenvalue weighted by Crippen LogP contribution is 2.21. The van der Waals surface area contributed by atoms with Crippen LogP contribution in [0.25, 0.3) is 0 Å². The van der Waals surface area contributed by atoms with Crippen LogP contribution in [0.4, 0.5) is 8.78 Å². The summed E-state index contributed by atoms with van der Waals surface area (Å²) in [7, 11) is 1.50. The van der Waals surface area contributed by atoms with Crippen LogP contribution in [0.2, 0.25) is 0 Å². The van der Waals surface area contributed by atoms with E-state index in [0.29, 0.717) is 5.56 Å². The molecule has 1 N–H and O–H groups in total. The first-order valence-corrected chi connectivity index (χ1v) is 6.31. The van der Waals surface area contributed by atoms with Crippen molar-refractivity contribution >= 4 is 5.91 Å². The van der Waals surface area contributed by atoms with Gasteiger partial charge in [0.15, 0.2) is 11.6 Å². The summed E-state index contributed by atoms with van der Waals surface area (Å²) in [6, 6.07) is 5.91. The Labute approximate surface area is 120 Å². The summed E-state index contributed by atoms with van der Waals surface area (Å²) in [6.45, 7) is 1.67. The molecule has 0 fully saturated rings. The number of nitrogens with one attached hydrogen (secondary N) is 1. The number of amides is 1. The minimum absolute atomic E-state index is 0.00515. The molecule has 110 valence electrons. The number of aromatic amines is 1. The van der Waals surface area contributed by atoms with Gasteiger partial charge in [-0.15, -0.1) is 0 Å². The topological polar surface area (TPSA) is 53.2 Å². The maximum atomic E-state index is 13.3. The third-order valence-corrected chi connectivity index (χ3v) is 3.38.